The summed E-state index contributed by atoms with van der Waals surface area (Å²) in [5, 5.41) is 6.70. The number of piperidine rings is 1. The van der Waals surface area contributed by atoms with Crippen molar-refractivity contribution < 1.29 is 9.53 Å². The molecule has 0 spiro atoms. The van der Waals surface area contributed by atoms with E-state index in [0.717, 1.165) is 42.1 Å². The van der Waals surface area contributed by atoms with Crippen LogP contribution in [0.1, 0.15) is 30.9 Å². The number of hydrogen-bond donors (Lipinski definition) is 3. The quantitative estimate of drug-likeness (QED) is 0.443. The van der Waals surface area contributed by atoms with Crippen LogP contribution in [0.25, 0.3) is 0 Å². The number of amides is 1. The molecule has 0 saturated carbocycles. The van der Waals surface area contributed by atoms with Gasteiger partial charge in [0.25, 0.3) is 0 Å². The first-order valence-electron chi connectivity index (χ1n) is 10.8. The van der Waals surface area contributed by atoms with Gasteiger partial charge in [0.1, 0.15) is 11.6 Å². The summed E-state index contributed by atoms with van der Waals surface area (Å²) in [4.78, 5) is 22.7. The molecule has 1 aromatic carbocycles. The summed E-state index contributed by atoms with van der Waals surface area (Å²) in [5.41, 5.74) is 7.66. The maximum Gasteiger partial charge on any atom is 0.222 e. The molecule has 1 aromatic heterocycles. The number of aliphatic imine (C=N–C) groups is 1. The lowest BCUT2D eigenvalue weighted by molar-refractivity contribution is -0.122. The molecule has 1 aliphatic heterocycles. The number of benzene rings is 1. The predicted molar refractivity (Wildman–Crippen MR) is 123 cm³/mol. The first-order valence-corrected chi connectivity index (χ1v) is 10.8. The van der Waals surface area contributed by atoms with E-state index in [-0.39, 0.29) is 11.8 Å². The zero-order valence-corrected chi connectivity index (χ0v) is 18.3. The highest BCUT2D eigenvalue weighted by Gasteiger charge is 2.26. The standard InChI is InChI=1S/C23H32N6O2/c1-3-31-20-11-5-4-8-17(20)14-27-23(25-2)28-15-18-9-6-12-26-22(18)29-13-7-10-19(16-29)21(24)30/h4-6,8-9,11-12,19H,3,7,10,13-16H2,1-2H3,(H2,24,30)(H2,25,27,28). The highest BCUT2D eigenvalue weighted by molar-refractivity contribution is 5.80. The third-order valence-corrected chi connectivity index (χ3v) is 5.38. The number of nitrogens with zero attached hydrogens (tertiary/aromatic N) is 3. The number of guanidine groups is 1. The van der Waals surface area contributed by atoms with Crippen molar-refractivity contribution in [3.63, 3.8) is 0 Å². The minimum atomic E-state index is -0.239. The summed E-state index contributed by atoms with van der Waals surface area (Å²) in [6.07, 6.45) is 3.55. The Labute approximate surface area is 183 Å². The molecular formula is C23H32N6O2. The summed E-state index contributed by atoms with van der Waals surface area (Å²) in [6.45, 7) is 5.25. The van der Waals surface area contributed by atoms with Gasteiger partial charge in [0.15, 0.2) is 5.96 Å². The van der Waals surface area contributed by atoms with Crippen molar-refractivity contribution in [3.8, 4) is 5.75 Å². The number of ether oxygens (including phenoxy) is 1. The Morgan fingerprint density at radius 3 is 2.71 bits per heavy atom. The first-order chi connectivity index (χ1) is 15.1. The van der Waals surface area contributed by atoms with E-state index in [0.29, 0.717) is 32.2 Å². The number of pyridine rings is 1. The van der Waals surface area contributed by atoms with Gasteiger partial charge in [0.05, 0.1) is 12.5 Å². The molecule has 1 atom stereocenters. The van der Waals surface area contributed by atoms with E-state index in [4.69, 9.17) is 10.5 Å². The minimum absolute atomic E-state index is 0.128. The second-order valence-electron chi connectivity index (χ2n) is 7.49. The van der Waals surface area contributed by atoms with E-state index in [2.05, 4.69) is 25.5 Å². The molecule has 1 fully saturated rings. The van der Waals surface area contributed by atoms with Crippen LogP contribution in [0.5, 0.6) is 5.75 Å². The summed E-state index contributed by atoms with van der Waals surface area (Å²) in [5.74, 6) is 2.08. The fourth-order valence-electron chi connectivity index (χ4n) is 3.78. The van der Waals surface area contributed by atoms with Gasteiger partial charge in [-0.2, -0.15) is 0 Å². The predicted octanol–water partition coefficient (Wildman–Crippen LogP) is 2.05. The van der Waals surface area contributed by atoms with Crippen molar-refractivity contribution >= 4 is 17.7 Å². The van der Waals surface area contributed by atoms with Crippen LogP contribution in [0.3, 0.4) is 0 Å². The van der Waals surface area contributed by atoms with Gasteiger partial charge in [-0.3, -0.25) is 9.79 Å². The number of para-hydroxylation sites is 1. The van der Waals surface area contributed by atoms with Crippen LogP contribution in [-0.2, 0) is 17.9 Å². The van der Waals surface area contributed by atoms with Crippen LogP contribution in [0.2, 0.25) is 0 Å². The molecule has 2 heterocycles. The maximum atomic E-state index is 11.7. The Balaban J connectivity index is 1.62. The van der Waals surface area contributed by atoms with E-state index in [9.17, 15) is 4.79 Å². The first kappa shape index (κ1) is 22.4. The highest BCUT2D eigenvalue weighted by atomic mass is 16.5. The molecule has 8 nitrogen and oxygen atoms in total. The van der Waals surface area contributed by atoms with Crippen molar-refractivity contribution in [2.45, 2.75) is 32.9 Å². The molecule has 2 aromatic rings. The van der Waals surface area contributed by atoms with Gasteiger partial charge in [-0.25, -0.2) is 4.98 Å². The Hall–Kier alpha value is -3.29. The van der Waals surface area contributed by atoms with Gasteiger partial charge in [0.2, 0.25) is 5.91 Å². The van der Waals surface area contributed by atoms with Crippen LogP contribution < -0.4 is 26.0 Å². The van der Waals surface area contributed by atoms with Gasteiger partial charge in [0, 0.05) is 50.6 Å². The van der Waals surface area contributed by atoms with Crippen LogP contribution >= 0.6 is 0 Å². The largest absolute Gasteiger partial charge is 0.494 e. The van der Waals surface area contributed by atoms with Crippen LogP contribution in [0, 0.1) is 5.92 Å². The zero-order valence-electron chi connectivity index (χ0n) is 18.3. The number of hydrogen-bond acceptors (Lipinski definition) is 5. The molecule has 166 valence electrons. The second kappa shape index (κ2) is 11.2. The average Bonchev–Trinajstić information content (AvgIpc) is 2.80. The summed E-state index contributed by atoms with van der Waals surface area (Å²) >= 11 is 0. The Morgan fingerprint density at radius 2 is 1.97 bits per heavy atom. The third-order valence-electron chi connectivity index (χ3n) is 5.38. The third kappa shape index (κ3) is 6.10. The fraction of sp³-hybridized carbons (Fsp3) is 0.435. The monoisotopic (exact) mass is 424 g/mol. The number of nitrogens with two attached hydrogens (primary N) is 1. The molecule has 8 heteroatoms. The number of rotatable bonds is 8. The molecule has 1 saturated heterocycles. The summed E-state index contributed by atoms with van der Waals surface area (Å²) in [7, 11) is 1.75. The van der Waals surface area contributed by atoms with Gasteiger partial charge < -0.3 is 26.0 Å². The topological polar surface area (TPSA) is 105 Å². The lowest BCUT2D eigenvalue weighted by Crippen LogP contribution is -2.42. The normalized spacial score (nSPS) is 16.6. The van der Waals surface area contributed by atoms with Crippen LogP contribution in [-0.4, -0.2) is 43.6 Å². The Bertz CT molecular complexity index is 901. The molecule has 0 radical (unpaired) electrons. The van der Waals surface area contributed by atoms with Crippen molar-refractivity contribution in [2.75, 3.05) is 31.6 Å². The second-order valence-corrected chi connectivity index (χ2v) is 7.49. The number of anilines is 1. The van der Waals surface area contributed by atoms with Gasteiger partial charge in [-0.15, -0.1) is 0 Å². The number of carbonyl (C=O) groups excluding carboxylic acids is 1. The zero-order chi connectivity index (χ0) is 22.1. The lowest BCUT2D eigenvalue weighted by Gasteiger charge is -2.33. The fourth-order valence-corrected chi connectivity index (χ4v) is 3.78. The van der Waals surface area contributed by atoms with Gasteiger partial charge >= 0.3 is 0 Å². The average molecular weight is 425 g/mol. The van der Waals surface area contributed by atoms with Crippen molar-refractivity contribution in [1.29, 1.82) is 0 Å². The highest BCUT2D eigenvalue weighted by Crippen LogP contribution is 2.24. The lowest BCUT2D eigenvalue weighted by atomic mass is 9.97. The van der Waals surface area contributed by atoms with Gasteiger partial charge in [-0.1, -0.05) is 24.3 Å². The smallest absolute Gasteiger partial charge is 0.222 e. The van der Waals surface area contributed by atoms with Crippen molar-refractivity contribution in [1.82, 2.24) is 15.6 Å². The molecule has 0 aliphatic carbocycles. The molecule has 31 heavy (non-hydrogen) atoms. The summed E-state index contributed by atoms with van der Waals surface area (Å²) in [6, 6.07) is 11.9. The number of aromatic nitrogens is 1. The Kier molecular flexibility index (Phi) is 8.09. The minimum Gasteiger partial charge on any atom is -0.494 e. The maximum absolute atomic E-state index is 11.7. The SMILES string of the molecule is CCOc1ccccc1CNC(=NC)NCc1cccnc1N1CCCC(C(N)=O)C1. The number of primary amides is 1. The molecule has 1 amide bonds. The van der Waals surface area contributed by atoms with Crippen molar-refractivity contribution in [2.24, 2.45) is 16.6 Å². The van der Waals surface area contributed by atoms with Crippen LogP contribution in [0.4, 0.5) is 5.82 Å². The molecule has 4 N–H and O–H groups in total. The molecule has 3 rings (SSSR count). The van der Waals surface area contributed by atoms with Crippen molar-refractivity contribution in [3.05, 3.63) is 53.7 Å². The van der Waals surface area contributed by atoms with E-state index in [1.807, 2.05) is 43.3 Å². The molecule has 0 bridgehead atoms. The molecule has 1 unspecified atom stereocenters. The van der Waals surface area contributed by atoms with E-state index < -0.39 is 0 Å². The molecule has 1 aliphatic rings. The Morgan fingerprint density at radius 1 is 1.23 bits per heavy atom. The number of carbonyl (C=O) groups is 1. The van der Waals surface area contributed by atoms with E-state index >= 15 is 0 Å². The van der Waals surface area contributed by atoms with Crippen LogP contribution in [0.15, 0.2) is 47.6 Å². The molecular weight excluding hydrogens is 392 g/mol. The van der Waals surface area contributed by atoms with E-state index in [1.54, 1.807) is 13.2 Å². The van der Waals surface area contributed by atoms with Gasteiger partial charge in [-0.05, 0) is 31.9 Å². The van der Waals surface area contributed by atoms with E-state index in [1.165, 1.54) is 0 Å². The summed E-state index contributed by atoms with van der Waals surface area (Å²) < 4.78 is 5.69. The number of nitrogens with one attached hydrogen (secondary N) is 2.